The molecule has 0 saturated carbocycles. The van der Waals surface area contributed by atoms with Crippen LogP contribution < -0.4 is 5.32 Å². The molecule has 1 saturated heterocycles. The molecule has 0 bridgehead atoms. The first-order chi connectivity index (χ1) is 7.68. The molecule has 1 aliphatic rings. The molecule has 16 heavy (non-hydrogen) atoms. The van der Waals surface area contributed by atoms with Crippen LogP contribution in [0.25, 0.3) is 0 Å². The Morgan fingerprint density at radius 3 is 2.69 bits per heavy atom. The Bertz CT molecular complexity index is 245. The molecule has 0 aromatic heterocycles. The molecule has 1 aliphatic heterocycles. The lowest BCUT2D eigenvalue weighted by Crippen LogP contribution is -2.36. The SMILES string of the molecule is CC(=CC(=O)O)CNCCN1CCCCC1. The highest BCUT2D eigenvalue weighted by Crippen LogP contribution is 2.07. The number of aliphatic carboxylic acids is 1. The number of likely N-dealkylation sites (tertiary alicyclic amines) is 1. The zero-order valence-electron chi connectivity index (χ0n) is 10.0. The van der Waals surface area contributed by atoms with E-state index < -0.39 is 5.97 Å². The van der Waals surface area contributed by atoms with E-state index in [4.69, 9.17) is 5.11 Å². The standard InChI is InChI=1S/C12H22N2O2/c1-11(9-12(15)16)10-13-5-8-14-6-3-2-4-7-14/h9,13H,2-8,10H2,1H3,(H,15,16). The van der Waals surface area contributed by atoms with Crippen molar-refractivity contribution in [2.45, 2.75) is 26.2 Å². The van der Waals surface area contributed by atoms with E-state index in [9.17, 15) is 4.79 Å². The topological polar surface area (TPSA) is 52.6 Å². The predicted molar refractivity (Wildman–Crippen MR) is 64.6 cm³/mol. The van der Waals surface area contributed by atoms with Crippen molar-refractivity contribution in [2.75, 3.05) is 32.7 Å². The minimum Gasteiger partial charge on any atom is -0.478 e. The number of nitrogens with zero attached hydrogens (tertiary/aromatic N) is 1. The van der Waals surface area contributed by atoms with Crippen LogP contribution in [0, 0.1) is 0 Å². The van der Waals surface area contributed by atoms with Crippen LogP contribution in [0.5, 0.6) is 0 Å². The highest BCUT2D eigenvalue weighted by molar-refractivity contribution is 5.80. The van der Waals surface area contributed by atoms with Crippen LogP contribution >= 0.6 is 0 Å². The second-order valence-corrected chi connectivity index (χ2v) is 4.41. The quantitative estimate of drug-likeness (QED) is 0.526. The Morgan fingerprint density at radius 1 is 1.38 bits per heavy atom. The number of carbonyl (C=O) groups is 1. The number of hydrogen-bond donors (Lipinski definition) is 2. The number of carboxylic acids is 1. The summed E-state index contributed by atoms with van der Waals surface area (Å²) in [6.45, 7) is 6.94. The lowest BCUT2D eigenvalue weighted by molar-refractivity contribution is -0.131. The fourth-order valence-corrected chi connectivity index (χ4v) is 1.97. The molecule has 4 nitrogen and oxygen atoms in total. The molecule has 0 aromatic carbocycles. The van der Waals surface area contributed by atoms with Crippen LogP contribution in [0.15, 0.2) is 11.6 Å². The first kappa shape index (κ1) is 13.2. The molecule has 0 aliphatic carbocycles. The predicted octanol–water partition coefficient (Wildman–Crippen LogP) is 1.09. The number of piperidine rings is 1. The fourth-order valence-electron chi connectivity index (χ4n) is 1.97. The monoisotopic (exact) mass is 226 g/mol. The van der Waals surface area contributed by atoms with E-state index in [0.29, 0.717) is 6.54 Å². The van der Waals surface area contributed by atoms with Crippen LogP contribution in [0.4, 0.5) is 0 Å². The molecule has 1 heterocycles. The third-order valence-corrected chi connectivity index (χ3v) is 2.83. The highest BCUT2D eigenvalue weighted by atomic mass is 16.4. The van der Waals surface area contributed by atoms with Crippen LogP contribution in [-0.4, -0.2) is 48.7 Å². The van der Waals surface area contributed by atoms with Crippen molar-refractivity contribution in [2.24, 2.45) is 0 Å². The van der Waals surface area contributed by atoms with Gasteiger partial charge in [0.15, 0.2) is 0 Å². The summed E-state index contributed by atoms with van der Waals surface area (Å²) in [7, 11) is 0. The van der Waals surface area contributed by atoms with Gasteiger partial charge >= 0.3 is 5.97 Å². The van der Waals surface area contributed by atoms with Crippen molar-refractivity contribution in [1.29, 1.82) is 0 Å². The number of nitrogens with one attached hydrogen (secondary N) is 1. The van der Waals surface area contributed by atoms with Gasteiger partial charge in [0.25, 0.3) is 0 Å². The number of carboxylic acid groups (broad SMARTS) is 1. The van der Waals surface area contributed by atoms with Crippen molar-refractivity contribution in [3.8, 4) is 0 Å². The van der Waals surface area contributed by atoms with Crippen LogP contribution in [0.1, 0.15) is 26.2 Å². The van der Waals surface area contributed by atoms with E-state index in [1.165, 1.54) is 38.4 Å². The summed E-state index contributed by atoms with van der Waals surface area (Å²) in [4.78, 5) is 12.8. The zero-order chi connectivity index (χ0) is 11.8. The van der Waals surface area contributed by atoms with E-state index in [-0.39, 0.29) is 0 Å². The average Bonchev–Trinajstić information content (AvgIpc) is 2.25. The first-order valence-electron chi connectivity index (χ1n) is 6.01. The summed E-state index contributed by atoms with van der Waals surface area (Å²) >= 11 is 0. The van der Waals surface area contributed by atoms with Gasteiger partial charge in [0.05, 0.1) is 0 Å². The molecular formula is C12H22N2O2. The van der Waals surface area contributed by atoms with Crippen LogP contribution in [0.2, 0.25) is 0 Å². The van der Waals surface area contributed by atoms with Gasteiger partial charge in [0.2, 0.25) is 0 Å². The van der Waals surface area contributed by atoms with Crippen molar-refractivity contribution in [3.05, 3.63) is 11.6 Å². The molecule has 0 spiro atoms. The maximum atomic E-state index is 10.4. The van der Waals surface area contributed by atoms with Gasteiger partial charge in [0.1, 0.15) is 0 Å². The van der Waals surface area contributed by atoms with Gasteiger partial charge in [0, 0.05) is 25.7 Å². The summed E-state index contributed by atoms with van der Waals surface area (Å²) in [5, 5.41) is 11.8. The van der Waals surface area contributed by atoms with E-state index in [0.717, 1.165) is 18.7 Å². The molecule has 0 radical (unpaired) electrons. The van der Waals surface area contributed by atoms with Gasteiger partial charge in [-0.3, -0.25) is 0 Å². The number of rotatable bonds is 6. The molecular weight excluding hydrogens is 204 g/mol. The molecule has 0 unspecified atom stereocenters. The van der Waals surface area contributed by atoms with E-state index in [2.05, 4.69) is 10.2 Å². The Hall–Kier alpha value is -0.870. The number of hydrogen-bond acceptors (Lipinski definition) is 3. The lowest BCUT2D eigenvalue weighted by Gasteiger charge is -2.26. The molecule has 4 heteroatoms. The highest BCUT2D eigenvalue weighted by Gasteiger charge is 2.08. The van der Waals surface area contributed by atoms with Gasteiger partial charge in [-0.25, -0.2) is 4.79 Å². The molecule has 2 N–H and O–H groups in total. The first-order valence-corrected chi connectivity index (χ1v) is 6.01. The second kappa shape index (κ2) is 7.41. The minimum atomic E-state index is -0.865. The van der Waals surface area contributed by atoms with Gasteiger partial charge in [-0.05, 0) is 32.9 Å². The largest absolute Gasteiger partial charge is 0.478 e. The van der Waals surface area contributed by atoms with Gasteiger partial charge in [-0.1, -0.05) is 12.0 Å². The summed E-state index contributed by atoms with van der Waals surface area (Å²) in [5.41, 5.74) is 0.867. The van der Waals surface area contributed by atoms with Crippen molar-refractivity contribution < 1.29 is 9.90 Å². The summed E-state index contributed by atoms with van der Waals surface area (Å²) in [6, 6.07) is 0. The van der Waals surface area contributed by atoms with Gasteiger partial charge in [-0.2, -0.15) is 0 Å². The third-order valence-electron chi connectivity index (χ3n) is 2.83. The average molecular weight is 226 g/mol. The molecule has 92 valence electrons. The summed E-state index contributed by atoms with van der Waals surface area (Å²) in [5.74, 6) is -0.865. The molecule has 0 aromatic rings. The Kier molecular flexibility index (Phi) is 6.11. The molecule has 1 rings (SSSR count). The van der Waals surface area contributed by atoms with Gasteiger partial charge in [-0.15, -0.1) is 0 Å². The second-order valence-electron chi connectivity index (χ2n) is 4.41. The smallest absolute Gasteiger partial charge is 0.328 e. The summed E-state index contributed by atoms with van der Waals surface area (Å²) < 4.78 is 0. The maximum Gasteiger partial charge on any atom is 0.328 e. The normalized spacial score (nSPS) is 18.7. The van der Waals surface area contributed by atoms with E-state index in [1.54, 1.807) is 0 Å². The zero-order valence-corrected chi connectivity index (χ0v) is 10.0. The fraction of sp³-hybridized carbons (Fsp3) is 0.750. The Labute approximate surface area is 97.3 Å². The Balaban J connectivity index is 2.04. The third kappa shape index (κ3) is 5.88. The molecule has 0 atom stereocenters. The minimum absolute atomic E-state index is 0.667. The van der Waals surface area contributed by atoms with Crippen molar-refractivity contribution in [1.82, 2.24) is 10.2 Å². The lowest BCUT2D eigenvalue weighted by atomic mass is 10.1. The molecule has 0 amide bonds. The van der Waals surface area contributed by atoms with Crippen molar-refractivity contribution >= 4 is 5.97 Å². The van der Waals surface area contributed by atoms with E-state index in [1.807, 2.05) is 6.92 Å². The summed E-state index contributed by atoms with van der Waals surface area (Å²) in [6.07, 6.45) is 5.26. The van der Waals surface area contributed by atoms with Crippen LogP contribution in [0.3, 0.4) is 0 Å². The van der Waals surface area contributed by atoms with Crippen molar-refractivity contribution in [3.63, 3.8) is 0 Å². The maximum absolute atomic E-state index is 10.4. The van der Waals surface area contributed by atoms with Crippen LogP contribution in [-0.2, 0) is 4.79 Å². The Morgan fingerprint density at radius 2 is 2.06 bits per heavy atom. The van der Waals surface area contributed by atoms with Gasteiger partial charge < -0.3 is 15.3 Å². The molecule has 1 fully saturated rings. The van der Waals surface area contributed by atoms with E-state index >= 15 is 0 Å².